The highest BCUT2D eigenvalue weighted by Gasteiger charge is 2.33. The number of aliphatic carboxylic acids is 1. The molecule has 1 aliphatic rings. The largest absolute Gasteiger partial charge is 0.481 e. The number of amidine groups is 1. The lowest BCUT2D eigenvalue weighted by Gasteiger charge is -2.14. The minimum atomic E-state index is -1.03. The molecule has 1 heterocycles. The molecule has 0 saturated carbocycles. The van der Waals surface area contributed by atoms with Crippen LogP contribution in [0.25, 0.3) is 0 Å². The van der Waals surface area contributed by atoms with E-state index in [0.29, 0.717) is 29.0 Å². The number of rotatable bonds is 8. The maximum Gasteiger partial charge on any atom is 0.304 e. The standard InChI is InChI=1S/C21H22N4O5/c22-19(23)12-5-7-15(8-6-12)30-17-4-2-1-3-16(17)21(29)24-11-14-9-13(10-18(26)27)20(28)25-14/h1-8,13-14H,9-11H2,(H3,22,23)(H,24,29)(H,25,28)(H,26,27)/t13-,14-/m0/s1. The number of carboxylic acids is 1. The van der Waals surface area contributed by atoms with Gasteiger partial charge in [-0.15, -0.1) is 0 Å². The van der Waals surface area contributed by atoms with Crippen molar-refractivity contribution in [3.05, 3.63) is 59.7 Å². The van der Waals surface area contributed by atoms with Crippen LogP contribution in [0.5, 0.6) is 11.5 Å². The number of benzene rings is 2. The van der Waals surface area contributed by atoms with Gasteiger partial charge in [-0.3, -0.25) is 19.8 Å². The second-order valence-corrected chi connectivity index (χ2v) is 6.98. The molecular weight excluding hydrogens is 388 g/mol. The van der Waals surface area contributed by atoms with Gasteiger partial charge in [0.25, 0.3) is 5.91 Å². The first kappa shape index (κ1) is 20.8. The van der Waals surface area contributed by atoms with Crippen LogP contribution in [-0.2, 0) is 9.59 Å². The minimum Gasteiger partial charge on any atom is -0.481 e. The molecule has 6 N–H and O–H groups in total. The predicted molar refractivity (Wildman–Crippen MR) is 109 cm³/mol. The fraction of sp³-hybridized carbons (Fsp3) is 0.238. The Kier molecular flexibility index (Phi) is 6.31. The Morgan fingerprint density at radius 2 is 1.90 bits per heavy atom. The van der Waals surface area contributed by atoms with Crippen molar-refractivity contribution >= 4 is 23.6 Å². The van der Waals surface area contributed by atoms with E-state index in [4.69, 9.17) is 21.0 Å². The molecule has 30 heavy (non-hydrogen) atoms. The Morgan fingerprint density at radius 3 is 2.57 bits per heavy atom. The highest BCUT2D eigenvalue weighted by atomic mass is 16.5. The van der Waals surface area contributed by atoms with E-state index < -0.39 is 11.9 Å². The molecule has 1 fully saturated rings. The summed E-state index contributed by atoms with van der Waals surface area (Å²) in [5, 5.41) is 21.7. The highest BCUT2D eigenvalue weighted by Crippen LogP contribution is 2.26. The van der Waals surface area contributed by atoms with Gasteiger partial charge < -0.3 is 26.2 Å². The second-order valence-electron chi connectivity index (χ2n) is 6.98. The molecule has 2 atom stereocenters. The molecule has 2 aromatic carbocycles. The predicted octanol–water partition coefficient (Wildman–Crippen LogP) is 1.47. The van der Waals surface area contributed by atoms with Crippen molar-refractivity contribution in [2.24, 2.45) is 11.7 Å². The van der Waals surface area contributed by atoms with Crippen LogP contribution in [0.3, 0.4) is 0 Å². The van der Waals surface area contributed by atoms with Crippen molar-refractivity contribution in [1.29, 1.82) is 5.41 Å². The van der Waals surface area contributed by atoms with Crippen LogP contribution >= 0.6 is 0 Å². The lowest BCUT2D eigenvalue weighted by atomic mass is 10.0. The molecule has 9 heteroatoms. The SMILES string of the molecule is N=C(N)c1ccc(Oc2ccccc2C(=O)NC[C@@H]2C[C@@H](CC(=O)O)C(=O)N2)cc1. The van der Waals surface area contributed by atoms with Gasteiger partial charge in [-0.05, 0) is 42.8 Å². The first-order valence-electron chi connectivity index (χ1n) is 9.35. The van der Waals surface area contributed by atoms with Gasteiger partial charge in [0.1, 0.15) is 17.3 Å². The van der Waals surface area contributed by atoms with Crippen molar-refractivity contribution in [2.75, 3.05) is 6.54 Å². The smallest absolute Gasteiger partial charge is 0.304 e. The second kappa shape index (κ2) is 9.08. The van der Waals surface area contributed by atoms with E-state index in [2.05, 4.69) is 10.6 Å². The lowest BCUT2D eigenvalue weighted by Crippen LogP contribution is -2.38. The zero-order valence-corrected chi connectivity index (χ0v) is 16.1. The molecule has 3 rings (SSSR count). The average Bonchev–Trinajstić information content (AvgIpc) is 3.05. The van der Waals surface area contributed by atoms with Crippen molar-refractivity contribution in [3.63, 3.8) is 0 Å². The molecule has 156 valence electrons. The third-order valence-corrected chi connectivity index (χ3v) is 4.74. The van der Waals surface area contributed by atoms with E-state index >= 15 is 0 Å². The van der Waals surface area contributed by atoms with Crippen LogP contribution in [0.2, 0.25) is 0 Å². The number of carboxylic acid groups (broad SMARTS) is 1. The molecular formula is C21H22N4O5. The number of para-hydroxylation sites is 1. The Balaban J connectivity index is 1.62. The summed E-state index contributed by atoms with van der Waals surface area (Å²) < 4.78 is 5.81. The van der Waals surface area contributed by atoms with E-state index in [1.807, 2.05) is 0 Å². The molecule has 1 saturated heterocycles. The monoisotopic (exact) mass is 410 g/mol. The van der Waals surface area contributed by atoms with Gasteiger partial charge in [-0.2, -0.15) is 0 Å². The molecule has 0 radical (unpaired) electrons. The number of nitrogens with one attached hydrogen (secondary N) is 3. The van der Waals surface area contributed by atoms with Crippen molar-refractivity contribution in [3.8, 4) is 11.5 Å². The molecule has 0 aromatic heterocycles. The molecule has 0 unspecified atom stereocenters. The summed E-state index contributed by atoms with van der Waals surface area (Å²) in [7, 11) is 0. The van der Waals surface area contributed by atoms with Gasteiger partial charge in [-0.25, -0.2) is 0 Å². The van der Waals surface area contributed by atoms with Crippen LogP contribution < -0.4 is 21.1 Å². The molecule has 2 aromatic rings. The summed E-state index contributed by atoms with van der Waals surface area (Å²) in [5.74, 6) is -1.51. The molecule has 9 nitrogen and oxygen atoms in total. The van der Waals surface area contributed by atoms with E-state index in [0.717, 1.165) is 0 Å². The lowest BCUT2D eigenvalue weighted by molar-refractivity contribution is -0.140. The number of amides is 2. The Labute approximate surface area is 172 Å². The van der Waals surface area contributed by atoms with Crippen LogP contribution in [0, 0.1) is 11.3 Å². The van der Waals surface area contributed by atoms with E-state index in [-0.39, 0.29) is 36.7 Å². The topological polar surface area (TPSA) is 155 Å². The summed E-state index contributed by atoms with van der Waals surface area (Å²) in [5.41, 5.74) is 6.32. The first-order valence-corrected chi connectivity index (χ1v) is 9.35. The number of ether oxygens (including phenoxy) is 1. The number of carbonyl (C=O) groups is 3. The summed E-state index contributed by atoms with van der Waals surface area (Å²) in [4.78, 5) is 35.3. The molecule has 0 aliphatic carbocycles. The summed E-state index contributed by atoms with van der Waals surface area (Å²) in [6.07, 6.45) is 0.126. The maximum atomic E-state index is 12.7. The summed E-state index contributed by atoms with van der Waals surface area (Å²) in [6, 6.07) is 13.0. The average molecular weight is 410 g/mol. The summed E-state index contributed by atoms with van der Waals surface area (Å²) in [6.45, 7) is 0.183. The van der Waals surface area contributed by atoms with Gasteiger partial charge >= 0.3 is 5.97 Å². The van der Waals surface area contributed by atoms with Gasteiger partial charge in [0.15, 0.2) is 0 Å². The zero-order valence-electron chi connectivity index (χ0n) is 16.1. The molecule has 0 spiro atoms. The highest BCUT2D eigenvalue weighted by molar-refractivity contribution is 5.97. The quantitative estimate of drug-likeness (QED) is 0.328. The molecule has 1 aliphatic heterocycles. The van der Waals surface area contributed by atoms with E-state index in [9.17, 15) is 14.4 Å². The number of carbonyl (C=O) groups excluding carboxylic acids is 2. The molecule has 2 amide bonds. The van der Waals surface area contributed by atoms with Gasteiger partial charge in [0, 0.05) is 18.2 Å². The fourth-order valence-electron chi connectivity index (χ4n) is 3.23. The molecule has 0 bridgehead atoms. The van der Waals surface area contributed by atoms with E-state index in [1.54, 1.807) is 48.5 Å². The minimum absolute atomic E-state index is 0.0501. The number of hydrogen-bond donors (Lipinski definition) is 5. The Hall–Kier alpha value is -3.88. The van der Waals surface area contributed by atoms with Crippen LogP contribution in [0.4, 0.5) is 0 Å². The fourth-order valence-corrected chi connectivity index (χ4v) is 3.23. The zero-order chi connectivity index (χ0) is 21.7. The van der Waals surface area contributed by atoms with Gasteiger partial charge in [0.2, 0.25) is 5.91 Å². The number of nitrogen functional groups attached to an aromatic ring is 1. The van der Waals surface area contributed by atoms with E-state index in [1.165, 1.54) is 0 Å². The van der Waals surface area contributed by atoms with Crippen molar-refractivity contribution in [2.45, 2.75) is 18.9 Å². The maximum absolute atomic E-state index is 12.7. The van der Waals surface area contributed by atoms with Crippen molar-refractivity contribution in [1.82, 2.24) is 10.6 Å². The number of hydrogen-bond acceptors (Lipinski definition) is 5. The van der Waals surface area contributed by atoms with Crippen LogP contribution in [-0.4, -0.2) is 41.3 Å². The number of nitrogens with two attached hydrogens (primary N) is 1. The van der Waals surface area contributed by atoms with Gasteiger partial charge in [0.05, 0.1) is 17.9 Å². The first-order chi connectivity index (χ1) is 14.3. The van der Waals surface area contributed by atoms with Gasteiger partial charge in [-0.1, -0.05) is 12.1 Å². The van der Waals surface area contributed by atoms with Crippen molar-refractivity contribution < 1.29 is 24.2 Å². The third kappa shape index (κ3) is 5.13. The van der Waals surface area contributed by atoms with Crippen LogP contribution in [0.15, 0.2) is 48.5 Å². The normalized spacial score (nSPS) is 17.8. The third-order valence-electron chi connectivity index (χ3n) is 4.74. The Morgan fingerprint density at radius 1 is 1.20 bits per heavy atom. The van der Waals surface area contributed by atoms with Crippen LogP contribution in [0.1, 0.15) is 28.8 Å². The Bertz CT molecular complexity index is 974. The summed E-state index contributed by atoms with van der Waals surface area (Å²) >= 11 is 0.